The molecule has 0 unspecified atom stereocenters. The number of hydrogen-bond donors (Lipinski definition) is 0. The van der Waals surface area contributed by atoms with E-state index in [0.29, 0.717) is 0 Å². The van der Waals surface area contributed by atoms with E-state index in [1.807, 2.05) is 0 Å². The van der Waals surface area contributed by atoms with Crippen LogP contribution < -0.4 is 0 Å². The van der Waals surface area contributed by atoms with E-state index in [1.54, 1.807) is 0 Å². The third-order valence-electron chi connectivity index (χ3n) is 22.4. The van der Waals surface area contributed by atoms with Gasteiger partial charge in [-0.3, -0.25) is 9.13 Å². The number of nitrogens with zero attached hydrogens (tertiary/aromatic N) is 6. The quantitative estimate of drug-likeness (QED) is 0.142. The first kappa shape index (κ1) is 57.6. The first-order valence-corrected chi connectivity index (χ1v) is 36.0. The van der Waals surface area contributed by atoms with E-state index in [9.17, 15) is 0 Å². The molecule has 0 atom stereocenters. The minimum Gasteiger partial charge on any atom is -0.456 e. The van der Waals surface area contributed by atoms with Crippen molar-refractivity contribution in [1.29, 1.82) is 0 Å². The number of hydrogen-bond acceptors (Lipinski definition) is 1. The molecule has 0 bridgehead atoms. The van der Waals surface area contributed by atoms with Crippen molar-refractivity contribution < 1.29 is 4.42 Å². The summed E-state index contributed by atoms with van der Waals surface area (Å²) in [5.41, 5.74) is 28.1. The molecule has 0 fully saturated rings. The average Bonchev–Trinajstić information content (AvgIpc) is 1.53. The molecule has 7 heterocycles. The van der Waals surface area contributed by atoms with Crippen LogP contribution in [-0.4, -0.2) is 27.4 Å². The van der Waals surface area contributed by atoms with Crippen LogP contribution in [-0.2, 0) is 0 Å². The van der Waals surface area contributed by atoms with E-state index in [4.69, 9.17) is 4.42 Å². The maximum absolute atomic E-state index is 6.67. The van der Waals surface area contributed by atoms with Crippen molar-refractivity contribution in [1.82, 2.24) is 27.4 Å². The van der Waals surface area contributed by atoms with E-state index in [-0.39, 0.29) is 0 Å². The fourth-order valence-corrected chi connectivity index (χ4v) is 17.9. The summed E-state index contributed by atoms with van der Waals surface area (Å²) >= 11 is 0. The summed E-state index contributed by atoms with van der Waals surface area (Å²) in [5, 5.41) is 15.4. The summed E-state index contributed by atoms with van der Waals surface area (Å²) in [7, 11) is 0. The maximum Gasteiger partial charge on any atom is 0.135 e. The standard InChI is InChI=1S/C98H60N6O/c1-4-22-61(23-5-1)63-42-48-89-78(55-63)73-30-10-16-37-85(73)101(89)68-46-52-94-81(58-68)82-59-69(47-53-95(82)105-94)102-86-38-17-11-31-74(86)79-56-64(43-49-90(79)102)62-24-20-25-65(54-62)72-35-21-41-93-96(72)83-60-71(45-51-92(83)100(93)67-28-8-3-9-29-67)104-88-40-19-14-34-77(88)97-76-33-13-18-39-87(76)103(98(97)104)70-44-50-91-80(57-70)75-32-12-15-36-84(75)99(91)66-26-6-2-7-27-66/h1-60H. The molecule has 0 amide bonds. The Morgan fingerprint density at radius 2 is 0.495 bits per heavy atom. The lowest BCUT2D eigenvalue weighted by molar-refractivity contribution is 0.669. The molecule has 0 aliphatic rings. The van der Waals surface area contributed by atoms with Crippen molar-refractivity contribution in [2.75, 3.05) is 0 Å². The highest BCUT2D eigenvalue weighted by atomic mass is 16.3. The van der Waals surface area contributed by atoms with Crippen molar-refractivity contribution in [2.45, 2.75) is 0 Å². The SMILES string of the molecule is c1ccc(-c2ccc3c(c2)c2ccccc2n3-c2ccc3oc4ccc(-n5c6ccccc6c6cc(-c7cccc(-c8cccc9c8c8cc(-n%10c%11ccccc%11c%11c%12ccccc%12n(-c%12ccc%13c(c%12)c%12ccccc%12n%13-c%12ccccc%12)c%11%10)ccc8n9-c8ccccc8)c7)ccc65)cc4c3c2)cc1. The summed E-state index contributed by atoms with van der Waals surface area (Å²) in [5.74, 6) is 0. The van der Waals surface area contributed by atoms with E-state index in [1.165, 1.54) is 98.0 Å². The molecule has 0 saturated carbocycles. The molecule has 0 saturated heterocycles. The lowest BCUT2D eigenvalue weighted by Crippen LogP contribution is -2.02. The van der Waals surface area contributed by atoms with Gasteiger partial charge in [-0.1, -0.05) is 200 Å². The van der Waals surface area contributed by atoms with Crippen molar-refractivity contribution in [3.05, 3.63) is 364 Å². The second kappa shape index (κ2) is 22.2. The molecule has 105 heavy (non-hydrogen) atoms. The maximum atomic E-state index is 6.67. The van der Waals surface area contributed by atoms with E-state index >= 15 is 0 Å². The van der Waals surface area contributed by atoms with Gasteiger partial charge in [-0.05, 0) is 197 Å². The molecule has 0 aliphatic heterocycles. The Morgan fingerprint density at radius 1 is 0.162 bits per heavy atom. The molecule has 0 spiro atoms. The molecule has 0 N–H and O–H groups in total. The number of fused-ring (bicyclic) bond motifs is 20. The van der Waals surface area contributed by atoms with E-state index < -0.39 is 0 Å². The fraction of sp³-hybridized carbons (Fsp3) is 0. The number of para-hydroxylation sites is 7. The molecular formula is C98H60N6O. The molecule has 7 aromatic heterocycles. The van der Waals surface area contributed by atoms with Crippen molar-refractivity contribution in [3.63, 3.8) is 0 Å². The second-order valence-electron chi connectivity index (χ2n) is 27.9. The number of rotatable bonds is 9. The molecule has 0 radical (unpaired) electrons. The van der Waals surface area contributed by atoms with Gasteiger partial charge in [0.25, 0.3) is 0 Å². The van der Waals surface area contributed by atoms with Crippen LogP contribution in [0.15, 0.2) is 368 Å². The Hall–Kier alpha value is -14.1. The van der Waals surface area contributed by atoms with E-state index in [0.717, 1.165) is 112 Å². The van der Waals surface area contributed by atoms with Crippen molar-refractivity contribution in [2.24, 2.45) is 0 Å². The van der Waals surface area contributed by atoms with Crippen molar-refractivity contribution in [3.8, 4) is 67.5 Å². The highest BCUT2D eigenvalue weighted by Crippen LogP contribution is 2.47. The molecular weight excluding hydrogens is 1280 g/mol. The Kier molecular flexibility index (Phi) is 12.2. The molecule has 7 heteroatoms. The topological polar surface area (TPSA) is 42.7 Å². The summed E-state index contributed by atoms with van der Waals surface area (Å²) in [6.45, 7) is 0. The Labute approximate surface area is 601 Å². The highest BCUT2D eigenvalue weighted by molar-refractivity contribution is 6.24. The third kappa shape index (κ3) is 8.43. The van der Waals surface area contributed by atoms with Gasteiger partial charge in [0.1, 0.15) is 16.8 Å². The molecule has 23 aromatic rings. The fourth-order valence-electron chi connectivity index (χ4n) is 17.9. The first-order valence-electron chi connectivity index (χ1n) is 36.0. The summed E-state index contributed by atoms with van der Waals surface area (Å²) in [6, 6.07) is 134. The predicted octanol–water partition coefficient (Wildman–Crippen LogP) is 26.0. The zero-order valence-electron chi connectivity index (χ0n) is 56.7. The van der Waals surface area contributed by atoms with Crippen LogP contribution in [0.5, 0.6) is 0 Å². The molecule has 7 nitrogen and oxygen atoms in total. The number of aromatic nitrogens is 6. The van der Waals surface area contributed by atoms with Gasteiger partial charge in [-0.2, -0.15) is 0 Å². The van der Waals surface area contributed by atoms with Crippen LogP contribution in [0.1, 0.15) is 0 Å². The van der Waals surface area contributed by atoms with E-state index in [2.05, 4.69) is 391 Å². The van der Waals surface area contributed by atoms with Crippen LogP contribution in [0.4, 0.5) is 0 Å². The van der Waals surface area contributed by atoms with Crippen LogP contribution >= 0.6 is 0 Å². The summed E-state index contributed by atoms with van der Waals surface area (Å²) in [6.07, 6.45) is 0. The average molecular weight is 1340 g/mol. The van der Waals surface area contributed by atoms with Crippen LogP contribution in [0.2, 0.25) is 0 Å². The molecule has 16 aromatic carbocycles. The van der Waals surface area contributed by atoms with Crippen molar-refractivity contribution >= 4 is 142 Å². The number of benzene rings is 16. The number of furan rings is 1. The normalized spacial score (nSPS) is 12.2. The molecule has 23 rings (SSSR count). The summed E-state index contributed by atoms with van der Waals surface area (Å²) in [4.78, 5) is 0. The lowest BCUT2D eigenvalue weighted by atomic mass is 9.95. The monoisotopic (exact) mass is 1340 g/mol. The Bertz CT molecular complexity index is 7580. The first-order chi connectivity index (χ1) is 52.1. The van der Waals surface area contributed by atoms with Gasteiger partial charge in [0, 0.05) is 104 Å². The zero-order valence-corrected chi connectivity index (χ0v) is 56.7. The predicted molar refractivity (Wildman–Crippen MR) is 439 cm³/mol. The van der Waals surface area contributed by atoms with Gasteiger partial charge in [-0.15, -0.1) is 0 Å². The van der Waals surface area contributed by atoms with Gasteiger partial charge in [0.15, 0.2) is 0 Å². The smallest absolute Gasteiger partial charge is 0.135 e. The van der Waals surface area contributed by atoms with Gasteiger partial charge in [0.2, 0.25) is 0 Å². The lowest BCUT2D eigenvalue weighted by Gasteiger charge is -2.14. The third-order valence-corrected chi connectivity index (χ3v) is 22.4. The largest absolute Gasteiger partial charge is 0.456 e. The second-order valence-corrected chi connectivity index (χ2v) is 27.9. The zero-order chi connectivity index (χ0) is 68.5. The minimum atomic E-state index is 0.856. The highest BCUT2D eigenvalue weighted by Gasteiger charge is 2.26. The van der Waals surface area contributed by atoms with Gasteiger partial charge < -0.3 is 22.7 Å². The molecule has 488 valence electrons. The molecule has 0 aliphatic carbocycles. The summed E-state index contributed by atoms with van der Waals surface area (Å²) < 4.78 is 21.4. The van der Waals surface area contributed by atoms with Gasteiger partial charge in [0.05, 0.1) is 55.2 Å². The van der Waals surface area contributed by atoms with Gasteiger partial charge in [-0.25, -0.2) is 0 Å². The Morgan fingerprint density at radius 3 is 1.03 bits per heavy atom. The Balaban J connectivity index is 0.663. The van der Waals surface area contributed by atoms with Crippen LogP contribution in [0, 0.1) is 0 Å². The van der Waals surface area contributed by atoms with Crippen LogP contribution in [0.3, 0.4) is 0 Å². The minimum absolute atomic E-state index is 0.856. The van der Waals surface area contributed by atoms with Gasteiger partial charge >= 0.3 is 0 Å². The van der Waals surface area contributed by atoms with Crippen LogP contribution in [0.25, 0.3) is 210 Å².